The fraction of sp³-hybridized carbons (Fsp3) is 0.316. The molecule has 156 valence electrons. The van der Waals surface area contributed by atoms with Gasteiger partial charge >= 0.3 is 6.09 Å². The van der Waals surface area contributed by atoms with Gasteiger partial charge < -0.3 is 9.94 Å². The monoisotopic (exact) mass is 410 g/mol. The van der Waals surface area contributed by atoms with E-state index in [2.05, 4.69) is 30.6 Å². The predicted molar refractivity (Wildman–Crippen MR) is 108 cm³/mol. The first-order valence-electron chi connectivity index (χ1n) is 9.10. The first-order valence-corrected chi connectivity index (χ1v) is 9.10. The van der Waals surface area contributed by atoms with Crippen LogP contribution in [0.15, 0.2) is 47.8 Å². The largest absolute Gasteiger partial charge is 0.465 e. The first kappa shape index (κ1) is 20.8. The molecule has 0 bridgehead atoms. The third kappa shape index (κ3) is 4.74. The summed E-state index contributed by atoms with van der Waals surface area (Å²) in [7, 11) is 1.71. The lowest BCUT2D eigenvalue weighted by molar-refractivity contribution is 0.127. The Balaban J connectivity index is 1.84. The van der Waals surface area contributed by atoms with E-state index in [1.54, 1.807) is 33.9 Å². The molecule has 30 heavy (non-hydrogen) atoms. The summed E-state index contributed by atoms with van der Waals surface area (Å²) in [5, 5.41) is 25.2. The van der Waals surface area contributed by atoms with Crippen LogP contribution in [0.3, 0.4) is 0 Å². The van der Waals surface area contributed by atoms with Crippen LogP contribution in [0.1, 0.15) is 37.9 Å². The normalized spacial score (nSPS) is 11.9. The van der Waals surface area contributed by atoms with Crippen LogP contribution in [0.4, 0.5) is 10.7 Å². The molecule has 11 nitrogen and oxygen atoms in total. The van der Waals surface area contributed by atoms with Gasteiger partial charge in [-0.25, -0.2) is 24.3 Å². The molecular weight excluding hydrogens is 388 g/mol. The maximum atomic E-state index is 11.7. The second-order valence-electron chi connectivity index (χ2n) is 7.34. The number of amides is 1. The highest BCUT2D eigenvalue weighted by Crippen LogP contribution is 2.20. The van der Waals surface area contributed by atoms with Gasteiger partial charge in [0, 0.05) is 24.3 Å². The van der Waals surface area contributed by atoms with Crippen LogP contribution < -0.4 is 4.90 Å². The Morgan fingerprint density at radius 2 is 1.97 bits per heavy atom. The van der Waals surface area contributed by atoms with E-state index in [4.69, 9.17) is 4.84 Å². The summed E-state index contributed by atoms with van der Waals surface area (Å²) in [6.45, 7) is 5.30. The molecule has 0 saturated heterocycles. The molecular formula is C19H22N8O3. The van der Waals surface area contributed by atoms with Crippen LogP contribution in [0.2, 0.25) is 0 Å². The van der Waals surface area contributed by atoms with Crippen molar-refractivity contribution in [3.63, 3.8) is 0 Å². The van der Waals surface area contributed by atoms with Crippen LogP contribution in [0, 0.1) is 0 Å². The van der Waals surface area contributed by atoms with Crippen LogP contribution in [-0.4, -0.2) is 52.6 Å². The first-order chi connectivity index (χ1) is 14.3. The minimum absolute atomic E-state index is 0.00867. The van der Waals surface area contributed by atoms with Crippen molar-refractivity contribution in [3.05, 3.63) is 59.7 Å². The minimum atomic E-state index is -1.14. The second kappa shape index (κ2) is 8.64. The van der Waals surface area contributed by atoms with E-state index in [9.17, 15) is 9.90 Å². The molecule has 1 amide bonds. The molecule has 0 aliphatic heterocycles. The maximum Gasteiger partial charge on any atom is 0.414 e. The van der Waals surface area contributed by atoms with Gasteiger partial charge in [0.05, 0.1) is 5.69 Å². The highest BCUT2D eigenvalue weighted by molar-refractivity contribution is 6.10. The molecule has 0 aliphatic rings. The number of oxime groups is 1. The minimum Gasteiger partial charge on any atom is -0.465 e. The van der Waals surface area contributed by atoms with Crippen molar-refractivity contribution < 1.29 is 14.7 Å². The average Bonchev–Trinajstić information content (AvgIpc) is 3.10. The number of anilines is 1. The molecule has 0 saturated carbocycles. The molecule has 0 fully saturated rings. The maximum absolute atomic E-state index is 11.7. The summed E-state index contributed by atoms with van der Waals surface area (Å²) < 4.78 is 1.49. The van der Waals surface area contributed by atoms with Crippen molar-refractivity contribution >= 4 is 17.8 Å². The second-order valence-corrected chi connectivity index (χ2v) is 7.34. The topological polar surface area (TPSA) is 132 Å². The zero-order valence-corrected chi connectivity index (χ0v) is 17.1. The third-order valence-corrected chi connectivity index (χ3v) is 4.01. The lowest BCUT2D eigenvalue weighted by Gasteiger charge is -2.31. The highest BCUT2D eigenvalue weighted by atomic mass is 16.6. The number of aryl methyl sites for hydroxylation is 1. The van der Waals surface area contributed by atoms with Gasteiger partial charge in [-0.15, -0.1) is 5.10 Å². The van der Waals surface area contributed by atoms with Crippen molar-refractivity contribution in [2.45, 2.75) is 32.9 Å². The number of aromatic nitrogens is 6. The molecule has 0 radical (unpaired) electrons. The van der Waals surface area contributed by atoms with E-state index in [0.29, 0.717) is 17.2 Å². The van der Waals surface area contributed by atoms with Gasteiger partial charge in [0.2, 0.25) is 11.8 Å². The van der Waals surface area contributed by atoms with Crippen molar-refractivity contribution in [2.75, 3.05) is 4.90 Å². The summed E-state index contributed by atoms with van der Waals surface area (Å²) >= 11 is 0. The molecule has 0 atom stereocenters. The highest BCUT2D eigenvalue weighted by Gasteiger charge is 2.30. The van der Waals surface area contributed by atoms with Crippen LogP contribution in [0.25, 0.3) is 0 Å². The van der Waals surface area contributed by atoms with Crippen LogP contribution >= 0.6 is 0 Å². The average molecular weight is 410 g/mol. The van der Waals surface area contributed by atoms with E-state index in [-0.39, 0.29) is 12.6 Å². The van der Waals surface area contributed by atoms with Crippen molar-refractivity contribution in [1.82, 2.24) is 30.2 Å². The van der Waals surface area contributed by atoms with Gasteiger partial charge in [0.25, 0.3) is 0 Å². The number of carbonyl (C=O) groups is 1. The number of hydrogen-bond acceptors (Lipinski definition) is 8. The molecule has 11 heteroatoms. The third-order valence-electron chi connectivity index (χ3n) is 4.01. The zero-order chi connectivity index (χ0) is 21.7. The summed E-state index contributed by atoms with van der Waals surface area (Å²) in [4.78, 5) is 26.7. The standard InChI is InChI=1S/C19H22N8O3/c1-19(2,3)27(18(28)29)17-20-11-10-14(21-17)12-30-23-15(13-8-6-5-7-9-13)16-22-24-25-26(16)4/h5-11H,12H2,1-4H3,(H,28,29). The molecule has 2 aromatic heterocycles. The van der Waals surface area contributed by atoms with E-state index in [1.165, 1.54) is 10.9 Å². The van der Waals surface area contributed by atoms with Crippen LogP contribution in [0.5, 0.6) is 0 Å². The smallest absolute Gasteiger partial charge is 0.414 e. The SMILES string of the molecule is Cn1nnnc1C(=NOCc1ccnc(N(C(=O)O)C(C)(C)C)n1)c1ccccc1. The van der Waals surface area contributed by atoms with E-state index < -0.39 is 11.6 Å². The number of rotatable bonds is 6. The molecule has 1 N–H and O–H groups in total. The lowest BCUT2D eigenvalue weighted by atomic mass is 10.1. The summed E-state index contributed by atoms with van der Waals surface area (Å²) in [5.41, 5.74) is 1.01. The molecule has 1 aromatic carbocycles. The molecule has 0 spiro atoms. The fourth-order valence-electron chi connectivity index (χ4n) is 2.66. The Hall–Kier alpha value is -3.89. The number of benzene rings is 1. The summed E-state index contributed by atoms with van der Waals surface area (Å²) in [5.74, 6) is 0.509. The van der Waals surface area contributed by atoms with Gasteiger partial charge in [0.1, 0.15) is 0 Å². The fourth-order valence-corrected chi connectivity index (χ4v) is 2.66. The van der Waals surface area contributed by atoms with E-state index in [0.717, 1.165) is 10.5 Å². The Kier molecular flexibility index (Phi) is 6.00. The van der Waals surface area contributed by atoms with Gasteiger partial charge in [-0.3, -0.25) is 0 Å². The Bertz CT molecular complexity index is 1040. The van der Waals surface area contributed by atoms with Crippen molar-refractivity contribution in [2.24, 2.45) is 12.2 Å². The Labute approximate surface area is 173 Å². The summed E-state index contributed by atoms with van der Waals surface area (Å²) in [6.07, 6.45) is 0.344. The van der Waals surface area contributed by atoms with Crippen LogP contribution in [-0.2, 0) is 18.5 Å². The van der Waals surface area contributed by atoms with Gasteiger partial charge in [0.15, 0.2) is 12.3 Å². The number of nitrogens with zero attached hydrogens (tertiary/aromatic N) is 8. The quantitative estimate of drug-likeness (QED) is 0.483. The lowest BCUT2D eigenvalue weighted by Crippen LogP contribution is -2.46. The Morgan fingerprint density at radius 1 is 1.23 bits per heavy atom. The van der Waals surface area contributed by atoms with E-state index >= 15 is 0 Å². The number of hydrogen-bond donors (Lipinski definition) is 1. The van der Waals surface area contributed by atoms with Gasteiger partial charge in [-0.1, -0.05) is 35.5 Å². The molecule has 2 heterocycles. The molecule has 3 aromatic rings. The van der Waals surface area contributed by atoms with Gasteiger partial charge in [-0.2, -0.15) is 0 Å². The molecule has 3 rings (SSSR count). The number of carboxylic acid groups (broad SMARTS) is 1. The van der Waals surface area contributed by atoms with E-state index in [1.807, 2.05) is 30.3 Å². The summed E-state index contributed by atoms with van der Waals surface area (Å²) in [6, 6.07) is 11.0. The molecule has 0 unspecified atom stereocenters. The Morgan fingerprint density at radius 3 is 2.57 bits per heavy atom. The zero-order valence-electron chi connectivity index (χ0n) is 17.1. The molecule has 0 aliphatic carbocycles. The number of tetrazole rings is 1. The van der Waals surface area contributed by atoms with Gasteiger partial charge in [-0.05, 0) is 37.3 Å². The van der Waals surface area contributed by atoms with Crippen molar-refractivity contribution in [3.8, 4) is 0 Å². The van der Waals surface area contributed by atoms with Crippen molar-refractivity contribution in [1.29, 1.82) is 0 Å². The predicted octanol–water partition coefficient (Wildman–Crippen LogP) is 2.25.